The molecule has 0 aliphatic carbocycles. The minimum atomic E-state index is -0.0213. The van der Waals surface area contributed by atoms with Gasteiger partial charge in [-0.1, -0.05) is 30.3 Å². The third-order valence-electron chi connectivity index (χ3n) is 6.11. The summed E-state index contributed by atoms with van der Waals surface area (Å²) >= 11 is 0. The average molecular weight is 451 g/mol. The number of rotatable bonds is 10. The minimum absolute atomic E-state index is 0.0213. The molecule has 2 atom stereocenters. The van der Waals surface area contributed by atoms with Gasteiger partial charge in [-0.25, -0.2) is 0 Å². The normalized spacial score (nSPS) is 17.2. The molecule has 0 saturated carbocycles. The van der Waals surface area contributed by atoms with Crippen molar-refractivity contribution >= 4 is 17.6 Å². The molecule has 2 unspecified atom stereocenters. The quantitative estimate of drug-likeness (QED) is 0.253. The first-order valence-electron chi connectivity index (χ1n) is 11.5. The summed E-state index contributed by atoms with van der Waals surface area (Å²) < 4.78 is 5.15. The Hall–Kier alpha value is -3.03. The number of nitrogens with two attached hydrogens (primary N) is 1. The Morgan fingerprint density at radius 2 is 2.00 bits per heavy atom. The van der Waals surface area contributed by atoms with E-state index < -0.39 is 0 Å². The molecule has 1 aliphatic rings. The molecule has 0 spiro atoms. The van der Waals surface area contributed by atoms with Crippen LogP contribution < -0.4 is 21.7 Å². The molecule has 2 aromatic rings. The fourth-order valence-corrected chi connectivity index (χ4v) is 4.45. The van der Waals surface area contributed by atoms with Gasteiger partial charge in [0.2, 0.25) is 0 Å². The number of anilines is 2. The lowest BCUT2D eigenvalue weighted by molar-refractivity contribution is 0.197. The molecule has 33 heavy (non-hydrogen) atoms. The lowest BCUT2D eigenvalue weighted by atomic mass is 9.91. The van der Waals surface area contributed by atoms with Gasteiger partial charge in [0, 0.05) is 63.5 Å². The van der Waals surface area contributed by atoms with Gasteiger partial charge in [0.05, 0.1) is 18.5 Å². The summed E-state index contributed by atoms with van der Waals surface area (Å²) in [4.78, 5) is 6.50. The molecule has 0 bridgehead atoms. The van der Waals surface area contributed by atoms with Crippen molar-refractivity contribution in [1.82, 2.24) is 15.5 Å². The number of benzene rings is 2. The highest BCUT2D eigenvalue weighted by Crippen LogP contribution is 2.34. The molecular weight excluding hydrogens is 412 g/mol. The Balaban J connectivity index is 1.89. The van der Waals surface area contributed by atoms with Crippen LogP contribution in [-0.4, -0.2) is 65.1 Å². The number of nitrogen functional groups attached to an aromatic ring is 1. The van der Waals surface area contributed by atoms with Crippen LogP contribution in [0.2, 0.25) is 0 Å². The first-order chi connectivity index (χ1) is 16.0. The predicted molar refractivity (Wildman–Crippen MR) is 139 cm³/mol. The summed E-state index contributed by atoms with van der Waals surface area (Å²) in [5, 5.41) is 10.8. The van der Waals surface area contributed by atoms with E-state index in [0.717, 1.165) is 42.1 Å². The zero-order valence-corrected chi connectivity index (χ0v) is 20.5. The number of likely N-dealkylation sites (N-methyl/N-ethyl adjacent to an activating group) is 1. The van der Waals surface area contributed by atoms with Crippen LogP contribution in [0.5, 0.6) is 0 Å². The zero-order chi connectivity index (χ0) is 23.8. The second kappa shape index (κ2) is 11.7. The maximum atomic E-state index is 6.31. The smallest absolute Gasteiger partial charge is 0.0971 e. The summed E-state index contributed by atoms with van der Waals surface area (Å²) in [6.45, 7) is 4.57. The van der Waals surface area contributed by atoms with Crippen molar-refractivity contribution in [2.24, 2.45) is 4.99 Å². The molecule has 5 N–H and O–H groups in total. The number of nitrogens with zero attached hydrogens (tertiary/aromatic N) is 2. The van der Waals surface area contributed by atoms with Crippen molar-refractivity contribution in [3.63, 3.8) is 0 Å². The third kappa shape index (κ3) is 5.86. The number of hydrogen-bond donors (Lipinski definition) is 4. The maximum Gasteiger partial charge on any atom is 0.0971 e. The molecule has 1 aliphatic heterocycles. The molecule has 178 valence electrons. The van der Waals surface area contributed by atoms with E-state index >= 15 is 0 Å². The zero-order valence-electron chi connectivity index (χ0n) is 20.5. The number of methoxy groups -OCH3 is 1. The molecule has 0 radical (unpaired) electrons. The molecular formula is C26H38N6O. The largest absolute Gasteiger partial charge is 0.398 e. The highest BCUT2D eigenvalue weighted by Gasteiger charge is 2.24. The van der Waals surface area contributed by atoms with Crippen molar-refractivity contribution in [3.8, 4) is 0 Å². The van der Waals surface area contributed by atoms with Crippen LogP contribution in [0.1, 0.15) is 34.7 Å². The van der Waals surface area contributed by atoms with E-state index in [9.17, 15) is 0 Å². The van der Waals surface area contributed by atoms with Crippen LogP contribution in [0.15, 0.2) is 53.3 Å². The van der Waals surface area contributed by atoms with Gasteiger partial charge in [-0.2, -0.15) is 0 Å². The predicted octanol–water partition coefficient (Wildman–Crippen LogP) is 3.13. The Morgan fingerprint density at radius 1 is 1.24 bits per heavy atom. The Labute approximate surface area is 198 Å². The molecule has 0 aromatic heterocycles. The van der Waals surface area contributed by atoms with E-state index in [-0.39, 0.29) is 6.04 Å². The topological polar surface area (TPSA) is 86.9 Å². The lowest BCUT2D eigenvalue weighted by Crippen LogP contribution is -2.42. The summed E-state index contributed by atoms with van der Waals surface area (Å²) in [7, 11) is 7.61. The van der Waals surface area contributed by atoms with E-state index in [1.54, 1.807) is 14.2 Å². The first-order valence-corrected chi connectivity index (χ1v) is 11.5. The average Bonchev–Trinajstić information content (AvgIpc) is 2.80. The number of para-hydroxylation sites is 1. The second-order valence-corrected chi connectivity index (χ2v) is 8.46. The van der Waals surface area contributed by atoms with E-state index in [1.165, 1.54) is 16.8 Å². The Morgan fingerprint density at radius 3 is 2.70 bits per heavy atom. The van der Waals surface area contributed by atoms with E-state index in [2.05, 4.69) is 70.2 Å². The van der Waals surface area contributed by atoms with Crippen LogP contribution in [0.3, 0.4) is 0 Å². The van der Waals surface area contributed by atoms with Crippen molar-refractivity contribution in [2.45, 2.75) is 25.4 Å². The van der Waals surface area contributed by atoms with Crippen LogP contribution in [-0.2, 0) is 4.74 Å². The van der Waals surface area contributed by atoms with Gasteiger partial charge < -0.3 is 31.3 Å². The maximum absolute atomic E-state index is 6.31. The van der Waals surface area contributed by atoms with Crippen molar-refractivity contribution < 1.29 is 4.74 Å². The van der Waals surface area contributed by atoms with Gasteiger partial charge in [-0.15, -0.1) is 0 Å². The Bertz CT molecular complexity index is 987. The van der Waals surface area contributed by atoms with Gasteiger partial charge in [-0.05, 0) is 49.2 Å². The molecule has 0 saturated heterocycles. The summed E-state index contributed by atoms with van der Waals surface area (Å²) in [6.07, 6.45) is 5.05. The number of aliphatic imine (C=N–C) groups is 1. The lowest BCUT2D eigenvalue weighted by Gasteiger charge is -2.34. The first kappa shape index (κ1) is 24.6. The molecule has 7 heteroatoms. The van der Waals surface area contributed by atoms with Crippen LogP contribution in [0.25, 0.3) is 0 Å². The Kier molecular flexibility index (Phi) is 8.74. The van der Waals surface area contributed by atoms with Crippen molar-refractivity contribution in [1.29, 1.82) is 0 Å². The fraction of sp³-hybridized carbons (Fsp3) is 0.423. The van der Waals surface area contributed by atoms with E-state index in [4.69, 9.17) is 10.5 Å². The highest BCUT2D eigenvalue weighted by atomic mass is 16.5. The number of hydrogen-bond acceptors (Lipinski definition) is 7. The van der Waals surface area contributed by atoms with E-state index in [1.807, 2.05) is 25.4 Å². The highest BCUT2D eigenvalue weighted by molar-refractivity contribution is 5.89. The minimum Gasteiger partial charge on any atom is -0.398 e. The van der Waals surface area contributed by atoms with Gasteiger partial charge in [0.25, 0.3) is 0 Å². The third-order valence-corrected chi connectivity index (χ3v) is 6.11. The molecule has 2 aromatic carbocycles. The number of nitrogens with one attached hydrogen (secondary N) is 3. The van der Waals surface area contributed by atoms with Gasteiger partial charge in [0.1, 0.15) is 0 Å². The summed E-state index contributed by atoms with van der Waals surface area (Å²) in [6, 6.07) is 12.8. The van der Waals surface area contributed by atoms with Gasteiger partial charge in [0.15, 0.2) is 0 Å². The SMILES string of the molecule is CN=Cc1c(N)cccc1C(NC)c1cccc(C)c1NC1CC=C(NCCOC)N(C)C1. The monoisotopic (exact) mass is 450 g/mol. The van der Waals surface area contributed by atoms with Crippen molar-refractivity contribution in [2.75, 3.05) is 59.0 Å². The summed E-state index contributed by atoms with van der Waals surface area (Å²) in [5.41, 5.74) is 12.7. The molecule has 0 fully saturated rings. The van der Waals surface area contributed by atoms with Crippen molar-refractivity contribution in [3.05, 3.63) is 70.5 Å². The number of aryl methyl sites for hydroxylation is 1. The molecule has 7 nitrogen and oxygen atoms in total. The van der Waals surface area contributed by atoms with Crippen LogP contribution in [0.4, 0.5) is 11.4 Å². The van der Waals surface area contributed by atoms with Crippen LogP contribution in [0, 0.1) is 6.92 Å². The van der Waals surface area contributed by atoms with E-state index in [0.29, 0.717) is 12.6 Å². The fourth-order valence-electron chi connectivity index (χ4n) is 4.45. The summed E-state index contributed by atoms with van der Waals surface area (Å²) in [5.74, 6) is 1.16. The van der Waals surface area contributed by atoms with Gasteiger partial charge >= 0.3 is 0 Å². The molecule has 1 heterocycles. The standard InChI is InChI=1S/C26H38N6O/c1-18-8-6-10-21(26(29-3)20-9-7-11-23(27)22(20)16-28-2)25(18)31-19-12-13-24(32(4)17-19)30-14-15-33-5/h6-11,13,16,19,26,29-31H,12,14-15,17,27H2,1-5H3. The molecule has 0 amide bonds. The number of ether oxygens (including phenoxy) is 1. The van der Waals surface area contributed by atoms with Crippen LogP contribution >= 0.6 is 0 Å². The molecule has 3 rings (SSSR count). The van der Waals surface area contributed by atoms with Gasteiger partial charge in [-0.3, -0.25) is 4.99 Å². The second-order valence-electron chi connectivity index (χ2n) is 8.46.